The van der Waals surface area contributed by atoms with Gasteiger partial charge in [0.25, 0.3) is 0 Å². The smallest absolute Gasteiger partial charge is 0.410 e. The van der Waals surface area contributed by atoms with Crippen molar-refractivity contribution in [3.8, 4) is 0 Å². The third-order valence-corrected chi connectivity index (χ3v) is 6.09. The highest BCUT2D eigenvalue weighted by atomic mass is 16.6. The zero-order valence-corrected chi connectivity index (χ0v) is 19.5. The number of piperidine rings is 1. The van der Waals surface area contributed by atoms with Crippen LogP contribution in [0.15, 0.2) is 91.0 Å². The van der Waals surface area contributed by atoms with Crippen LogP contribution in [0.25, 0.3) is 0 Å². The first-order chi connectivity index (χ1) is 17.2. The Morgan fingerprint density at radius 2 is 1.26 bits per heavy atom. The van der Waals surface area contributed by atoms with Crippen LogP contribution >= 0.6 is 0 Å². The number of benzene rings is 3. The molecule has 3 aromatic rings. The van der Waals surface area contributed by atoms with Crippen molar-refractivity contribution in [1.29, 1.82) is 0 Å². The fourth-order valence-corrected chi connectivity index (χ4v) is 4.17. The summed E-state index contributed by atoms with van der Waals surface area (Å²) in [4.78, 5) is 14.5. The molecule has 0 radical (unpaired) electrons. The molecule has 1 fully saturated rings. The number of carbonyl (C=O) groups is 1. The van der Waals surface area contributed by atoms with Gasteiger partial charge >= 0.3 is 6.09 Å². The van der Waals surface area contributed by atoms with E-state index >= 15 is 0 Å². The molecule has 0 saturated carbocycles. The van der Waals surface area contributed by atoms with Crippen molar-refractivity contribution in [2.24, 2.45) is 0 Å². The SMILES string of the molecule is O=C(OCc1ccccc1)N1C[C@@H](OCc2ccccc2)[C@@H](O)[C@H](OCc2ccccc2)[C@H]1CO. The molecule has 1 heterocycles. The zero-order valence-electron chi connectivity index (χ0n) is 19.5. The fourth-order valence-electron chi connectivity index (χ4n) is 4.17. The topological polar surface area (TPSA) is 88.5 Å². The van der Waals surface area contributed by atoms with Crippen LogP contribution in [0.3, 0.4) is 0 Å². The van der Waals surface area contributed by atoms with E-state index in [-0.39, 0.29) is 33.0 Å². The number of hydrogen-bond donors (Lipinski definition) is 2. The van der Waals surface area contributed by atoms with E-state index in [1.54, 1.807) is 0 Å². The minimum atomic E-state index is -1.04. The fraction of sp³-hybridized carbons (Fsp3) is 0.321. The lowest BCUT2D eigenvalue weighted by atomic mass is 9.94. The van der Waals surface area contributed by atoms with E-state index in [0.717, 1.165) is 16.7 Å². The summed E-state index contributed by atoms with van der Waals surface area (Å²) in [5, 5.41) is 21.3. The molecule has 0 aromatic heterocycles. The van der Waals surface area contributed by atoms with E-state index in [9.17, 15) is 15.0 Å². The van der Waals surface area contributed by atoms with Crippen LogP contribution in [-0.4, -0.2) is 58.7 Å². The summed E-state index contributed by atoms with van der Waals surface area (Å²) in [6.45, 7) is 0.268. The quantitative estimate of drug-likeness (QED) is 0.490. The van der Waals surface area contributed by atoms with Crippen molar-refractivity contribution in [2.45, 2.75) is 44.2 Å². The molecule has 0 unspecified atom stereocenters. The Morgan fingerprint density at radius 3 is 1.77 bits per heavy atom. The highest BCUT2D eigenvalue weighted by molar-refractivity contribution is 5.68. The van der Waals surface area contributed by atoms with Crippen LogP contribution in [0.1, 0.15) is 16.7 Å². The Kier molecular flexibility index (Phi) is 8.86. The highest BCUT2D eigenvalue weighted by Crippen LogP contribution is 2.26. The third kappa shape index (κ3) is 6.68. The number of ether oxygens (including phenoxy) is 3. The summed E-state index contributed by atoms with van der Waals surface area (Å²) in [5.74, 6) is 0. The molecule has 2 N–H and O–H groups in total. The molecule has 0 bridgehead atoms. The van der Waals surface area contributed by atoms with Crippen molar-refractivity contribution in [3.05, 3.63) is 108 Å². The van der Waals surface area contributed by atoms with Gasteiger partial charge in [-0.05, 0) is 16.7 Å². The van der Waals surface area contributed by atoms with Crippen molar-refractivity contribution >= 4 is 6.09 Å². The Morgan fingerprint density at radius 1 is 0.771 bits per heavy atom. The first-order valence-corrected chi connectivity index (χ1v) is 11.7. The maximum Gasteiger partial charge on any atom is 0.410 e. The van der Waals surface area contributed by atoms with Gasteiger partial charge in [-0.25, -0.2) is 4.79 Å². The van der Waals surface area contributed by atoms with E-state index in [1.807, 2.05) is 91.0 Å². The first kappa shape index (κ1) is 24.9. The van der Waals surface area contributed by atoms with Gasteiger partial charge in [0.1, 0.15) is 24.9 Å². The molecular formula is C28H31NO6. The number of aliphatic hydroxyl groups is 2. The molecule has 1 aliphatic rings. The van der Waals surface area contributed by atoms with E-state index in [2.05, 4.69) is 0 Å². The summed E-state index contributed by atoms with van der Waals surface area (Å²) in [5.41, 5.74) is 2.72. The van der Waals surface area contributed by atoms with Crippen molar-refractivity contribution in [2.75, 3.05) is 13.2 Å². The number of likely N-dealkylation sites (tertiary alicyclic amines) is 1. The number of amides is 1. The summed E-state index contributed by atoms with van der Waals surface area (Å²) in [7, 11) is 0. The van der Waals surface area contributed by atoms with Gasteiger partial charge in [0, 0.05) is 0 Å². The number of hydrogen-bond acceptors (Lipinski definition) is 6. The molecule has 7 heteroatoms. The number of aliphatic hydroxyl groups excluding tert-OH is 2. The predicted octanol–water partition coefficient (Wildman–Crippen LogP) is 3.53. The molecule has 1 aliphatic heterocycles. The Hall–Kier alpha value is -3.23. The van der Waals surface area contributed by atoms with Crippen molar-refractivity contribution in [1.82, 2.24) is 4.90 Å². The van der Waals surface area contributed by atoms with Crippen LogP contribution in [0.4, 0.5) is 4.79 Å². The maximum absolute atomic E-state index is 13.1. The lowest BCUT2D eigenvalue weighted by Crippen LogP contribution is -2.65. The second-order valence-corrected chi connectivity index (χ2v) is 8.53. The van der Waals surface area contributed by atoms with Crippen LogP contribution in [0.2, 0.25) is 0 Å². The van der Waals surface area contributed by atoms with Crippen LogP contribution in [-0.2, 0) is 34.0 Å². The van der Waals surface area contributed by atoms with Gasteiger partial charge in [0.05, 0.1) is 32.4 Å². The van der Waals surface area contributed by atoms with E-state index < -0.39 is 30.4 Å². The molecule has 184 valence electrons. The molecule has 1 saturated heterocycles. The average molecular weight is 478 g/mol. The molecule has 0 spiro atoms. The highest BCUT2D eigenvalue weighted by Gasteiger charge is 2.46. The molecule has 1 amide bonds. The van der Waals surface area contributed by atoms with Gasteiger partial charge in [-0.3, -0.25) is 4.90 Å². The predicted molar refractivity (Wildman–Crippen MR) is 130 cm³/mol. The Labute approximate surface area is 205 Å². The van der Waals surface area contributed by atoms with Gasteiger partial charge in [0.2, 0.25) is 0 Å². The Balaban J connectivity index is 1.49. The standard InChI is InChI=1S/C28H31NO6/c30-17-24-27(34-19-22-12-6-2-7-13-22)26(31)25(33-18-21-10-4-1-5-11-21)16-29(24)28(32)35-20-23-14-8-3-9-15-23/h1-15,24-27,30-31H,16-20H2/t24-,25-,26-,27-/m1/s1. The summed E-state index contributed by atoms with van der Waals surface area (Å²) >= 11 is 0. The van der Waals surface area contributed by atoms with Crippen LogP contribution < -0.4 is 0 Å². The molecular weight excluding hydrogens is 446 g/mol. The molecule has 4 atom stereocenters. The molecule has 7 nitrogen and oxygen atoms in total. The second kappa shape index (κ2) is 12.5. The van der Waals surface area contributed by atoms with Gasteiger partial charge in [0.15, 0.2) is 0 Å². The first-order valence-electron chi connectivity index (χ1n) is 11.7. The molecule has 4 rings (SSSR count). The number of carbonyl (C=O) groups excluding carboxylic acids is 1. The van der Waals surface area contributed by atoms with Gasteiger partial charge in [-0.1, -0.05) is 91.0 Å². The molecule has 0 aliphatic carbocycles. The summed E-state index contributed by atoms with van der Waals surface area (Å²) in [6.07, 6.45) is -3.22. The normalized spacial score (nSPS) is 22.1. The average Bonchev–Trinajstić information content (AvgIpc) is 2.91. The Bertz CT molecular complexity index is 1030. The van der Waals surface area contributed by atoms with E-state index in [0.29, 0.717) is 0 Å². The minimum Gasteiger partial charge on any atom is -0.445 e. The van der Waals surface area contributed by atoms with Crippen LogP contribution in [0, 0.1) is 0 Å². The number of nitrogens with zero attached hydrogens (tertiary/aromatic N) is 1. The zero-order chi connectivity index (χ0) is 24.5. The van der Waals surface area contributed by atoms with Crippen molar-refractivity contribution in [3.63, 3.8) is 0 Å². The minimum absolute atomic E-state index is 0.0675. The van der Waals surface area contributed by atoms with E-state index in [4.69, 9.17) is 14.2 Å². The van der Waals surface area contributed by atoms with Gasteiger partial charge < -0.3 is 24.4 Å². The van der Waals surface area contributed by atoms with Crippen LogP contribution in [0.5, 0.6) is 0 Å². The lowest BCUT2D eigenvalue weighted by molar-refractivity contribution is -0.181. The summed E-state index contributed by atoms with van der Waals surface area (Å²) < 4.78 is 17.6. The number of rotatable bonds is 9. The third-order valence-electron chi connectivity index (χ3n) is 6.09. The largest absolute Gasteiger partial charge is 0.445 e. The van der Waals surface area contributed by atoms with Crippen molar-refractivity contribution < 1.29 is 29.2 Å². The molecule has 35 heavy (non-hydrogen) atoms. The molecule has 3 aromatic carbocycles. The maximum atomic E-state index is 13.1. The lowest BCUT2D eigenvalue weighted by Gasteiger charge is -2.45. The summed E-state index contributed by atoms with van der Waals surface area (Å²) in [6, 6.07) is 27.7. The van der Waals surface area contributed by atoms with Gasteiger partial charge in [-0.15, -0.1) is 0 Å². The second-order valence-electron chi connectivity index (χ2n) is 8.53. The monoisotopic (exact) mass is 477 g/mol. The van der Waals surface area contributed by atoms with Gasteiger partial charge in [-0.2, -0.15) is 0 Å². The van der Waals surface area contributed by atoms with E-state index in [1.165, 1.54) is 4.90 Å².